The van der Waals surface area contributed by atoms with Gasteiger partial charge in [-0.3, -0.25) is 14.8 Å². The Morgan fingerprint density at radius 3 is 2.49 bits per heavy atom. The molecule has 5 fully saturated rings. The van der Waals surface area contributed by atoms with Crippen molar-refractivity contribution in [3.05, 3.63) is 18.5 Å². The number of piperidine rings is 1. The monoisotopic (exact) mass is 600 g/mol. The molecular formula is C30H39F3N8O2. The van der Waals surface area contributed by atoms with Crippen LogP contribution < -0.4 is 10.2 Å². The highest BCUT2D eigenvalue weighted by molar-refractivity contribution is 5.96. The molecule has 0 bridgehead atoms. The molecule has 0 radical (unpaired) electrons. The Balaban J connectivity index is 0.000000695. The van der Waals surface area contributed by atoms with Crippen molar-refractivity contribution in [3.8, 4) is 11.4 Å². The quantitative estimate of drug-likeness (QED) is 0.386. The number of carbonyl (C=O) groups is 1. The zero-order chi connectivity index (χ0) is 29.8. The molecule has 43 heavy (non-hydrogen) atoms. The molecule has 8 rings (SSSR count). The van der Waals surface area contributed by atoms with Gasteiger partial charge in [-0.1, -0.05) is 25.7 Å². The molecule has 0 aromatic carbocycles. The average Bonchev–Trinajstić information content (AvgIpc) is 3.23. The molecule has 10 nitrogen and oxygen atoms in total. The topological polar surface area (TPSA) is 104 Å². The van der Waals surface area contributed by atoms with Gasteiger partial charge in [-0.25, -0.2) is 18.0 Å². The van der Waals surface area contributed by atoms with E-state index in [4.69, 9.17) is 9.84 Å². The van der Waals surface area contributed by atoms with Crippen LogP contribution in [0.1, 0.15) is 64.7 Å². The lowest BCUT2D eigenvalue weighted by Crippen LogP contribution is -2.57. The third-order valence-corrected chi connectivity index (χ3v) is 9.54. The summed E-state index contributed by atoms with van der Waals surface area (Å²) in [5.41, 5.74) is 0.472. The summed E-state index contributed by atoms with van der Waals surface area (Å²) in [6, 6.07) is 1.31. The summed E-state index contributed by atoms with van der Waals surface area (Å²) in [6.07, 6.45) is 11.7. The van der Waals surface area contributed by atoms with Crippen molar-refractivity contribution in [2.24, 2.45) is 5.92 Å². The number of urea groups is 1. The van der Waals surface area contributed by atoms with Crippen LogP contribution in [0.5, 0.6) is 0 Å². The fourth-order valence-electron chi connectivity index (χ4n) is 6.42. The molecule has 3 aliphatic heterocycles. The van der Waals surface area contributed by atoms with Gasteiger partial charge in [0.15, 0.2) is 5.82 Å². The van der Waals surface area contributed by atoms with E-state index in [1.165, 1.54) is 36.8 Å². The predicted octanol–water partition coefficient (Wildman–Crippen LogP) is 5.76. The fourth-order valence-corrected chi connectivity index (χ4v) is 6.42. The molecular weight excluding hydrogens is 561 g/mol. The molecule has 2 N–H and O–H groups in total. The summed E-state index contributed by atoms with van der Waals surface area (Å²) in [4.78, 5) is 21.0. The fraction of sp³-hybridized carbons (Fsp3) is 0.667. The molecule has 2 aliphatic carbocycles. The van der Waals surface area contributed by atoms with Gasteiger partial charge in [0, 0.05) is 37.2 Å². The minimum atomic E-state index is -2.90. The van der Waals surface area contributed by atoms with Crippen LogP contribution >= 0.6 is 0 Å². The van der Waals surface area contributed by atoms with E-state index in [2.05, 4.69) is 20.5 Å². The first-order valence-electron chi connectivity index (χ1n) is 15.5. The van der Waals surface area contributed by atoms with Crippen LogP contribution in [0, 0.1) is 5.92 Å². The number of hydrogen-bond acceptors (Lipinski definition) is 6. The summed E-state index contributed by atoms with van der Waals surface area (Å²) in [5.74, 6) is -1.88. The number of likely N-dealkylation sites (tertiary alicyclic amines) is 1. The molecule has 6 heterocycles. The number of rotatable bonds is 5. The standard InChI is InChI=1S/C26H31F3N8O2.C4H8/c1-24(27)13-35(14-24)22-17-9-30-18(8-20(17)37(34-22)11-16-2-7-39-12-16)21-19(10-31-33-21)32-23(38)36-15-26(28,29)6-5-25(36)3-4-25;1-2-4-3-1/h8-10,16H,2-7,11-15H2,1H3,(H,31,33)(H,32,38);1-4H2. The first-order valence-corrected chi connectivity index (χ1v) is 15.5. The number of hydrogen-bond donors (Lipinski definition) is 2. The highest BCUT2D eigenvalue weighted by Gasteiger charge is 2.57. The number of fused-ring (bicyclic) bond motifs is 1. The second-order valence-corrected chi connectivity index (χ2v) is 13.3. The van der Waals surface area contributed by atoms with Crippen LogP contribution in [-0.2, 0) is 11.3 Å². The Kier molecular flexibility index (Phi) is 7.05. The minimum Gasteiger partial charge on any atom is -0.381 e. The van der Waals surface area contributed by atoms with Gasteiger partial charge in [-0.15, -0.1) is 0 Å². The third kappa shape index (κ3) is 5.67. The van der Waals surface area contributed by atoms with Gasteiger partial charge in [-0.2, -0.15) is 10.2 Å². The highest BCUT2D eigenvalue weighted by Crippen LogP contribution is 2.51. The Morgan fingerprint density at radius 1 is 1.09 bits per heavy atom. The maximum atomic E-state index is 14.3. The van der Waals surface area contributed by atoms with Crippen molar-refractivity contribution in [2.75, 3.05) is 43.1 Å². The van der Waals surface area contributed by atoms with Crippen LogP contribution in [-0.4, -0.2) is 85.9 Å². The molecule has 5 aliphatic rings. The number of H-pyrrole nitrogens is 1. The number of ether oxygens (including phenoxy) is 1. The number of anilines is 2. The number of nitrogens with zero attached hydrogens (tertiary/aromatic N) is 6. The lowest BCUT2D eigenvalue weighted by molar-refractivity contribution is -0.0721. The highest BCUT2D eigenvalue weighted by atomic mass is 19.3. The molecule has 232 valence electrons. The van der Waals surface area contributed by atoms with Crippen LogP contribution in [0.4, 0.5) is 29.5 Å². The molecule has 2 saturated carbocycles. The van der Waals surface area contributed by atoms with Gasteiger partial charge in [0.25, 0.3) is 5.92 Å². The van der Waals surface area contributed by atoms with Gasteiger partial charge >= 0.3 is 6.03 Å². The Hall–Kier alpha value is -3.35. The van der Waals surface area contributed by atoms with Crippen LogP contribution in [0.25, 0.3) is 22.3 Å². The number of nitrogens with one attached hydrogen (secondary N) is 2. The van der Waals surface area contributed by atoms with Gasteiger partial charge in [-0.05, 0) is 38.7 Å². The summed E-state index contributed by atoms with van der Waals surface area (Å²) in [7, 11) is 0. The maximum Gasteiger partial charge on any atom is 0.322 e. The molecule has 3 aromatic rings. The van der Waals surface area contributed by atoms with E-state index in [-0.39, 0.29) is 19.5 Å². The summed E-state index contributed by atoms with van der Waals surface area (Å²) < 4.78 is 50.1. The number of carbonyl (C=O) groups excluding carboxylic acids is 1. The van der Waals surface area contributed by atoms with Crippen molar-refractivity contribution in [1.82, 2.24) is 29.9 Å². The number of halogens is 3. The van der Waals surface area contributed by atoms with Gasteiger partial charge in [0.05, 0.1) is 54.7 Å². The first kappa shape index (κ1) is 28.4. The van der Waals surface area contributed by atoms with Crippen molar-refractivity contribution in [1.29, 1.82) is 0 Å². The van der Waals surface area contributed by atoms with E-state index in [0.717, 1.165) is 36.8 Å². The molecule has 1 spiro atoms. The number of amides is 2. The van der Waals surface area contributed by atoms with Crippen LogP contribution in [0.3, 0.4) is 0 Å². The average molecular weight is 601 g/mol. The van der Waals surface area contributed by atoms with E-state index in [1.807, 2.05) is 15.6 Å². The summed E-state index contributed by atoms with van der Waals surface area (Å²) >= 11 is 0. The smallest absolute Gasteiger partial charge is 0.322 e. The van der Waals surface area contributed by atoms with E-state index in [0.29, 0.717) is 48.4 Å². The van der Waals surface area contributed by atoms with E-state index < -0.39 is 29.7 Å². The van der Waals surface area contributed by atoms with E-state index in [9.17, 15) is 18.0 Å². The van der Waals surface area contributed by atoms with Crippen molar-refractivity contribution < 1.29 is 22.7 Å². The molecule has 3 saturated heterocycles. The number of aromatic amines is 1. The zero-order valence-electron chi connectivity index (χ0n) is 24.5. The van der Waals surface area contributed by atoms with Crippen molar-refractivity contribution >= 4 is 28.4 Å². The summed E-state index contributed by atoms with van der Waals surface area (Å²) in [5, 5.41) is 15.4. The molecule has 3 aromatic heterocycles. The predicted molar refractivity (Wildman–Crippen MR) is 156 cm³/mol. The number of pyridine rings is 1. The Morgan fingerprint density at radius 2 is 1.84 bits per heavy atom. The molecule has 1 unspecified atom stereocenters. The SMILES string of the molecule is C1CCC1.CC1(F)CN(c2nn(CC3CCOC3)c3cc(-c4[nH]ncc4NC(=O)N4CC(F)(F)CCC45CC5)ncc23)C1. The van der Waals surface area contributed by atoms with Gasteiger partial charge in [0.1, 0.15) is 11.4 Å². The van der Waals surface area contributed by atoms with Crippen molar-refractivity contribution in [3.63, 3.8) is 0 Å². The van der Waals surface area contributed by atoms with E-state index in [1.54, 1.807) is 13.1 Å². The second kappa shape index (κ2) is 10.7. The van der Waals surface area contributed by atoms with Crippen molar-refractivity contribution in [2.45, 2.75) is 88.4 Å². The summed E-state index contributed by atoms with van der Waals surface area (Å²) in [6.45, 7) is 3.56. The van der Waals surface area contributed by atoms with Gasteiger partial charge < -0.3 is 19.9 Å². The first-order chi connectivity index (χ1) is 20.6. The zero-order valence-corrected chi connectivity index (χ0v) is 24.5. The number of aromatic nitrogens is 5. The second-order valence-electron chi connectivity index (χ2n) is 13.3. The number of alkyl halides is 3. The van der Waals surface area contributed by atoms with E-state index >= 15 is 0 Å². The maximum absolute atomic E-state index is 14.3. The Labute approximate surface area is 248 Å². The third-order valence-electron chi connectivity index (χ3n) is 9.54. The largest absolute Gasteiger partial charge is 0.381 e. The Bertz CT molecular complexity index is 1480. The molecule has 2 amide bonds. The lowest BCUT2D eigenvalue weighted by atomic mass is 9.97. The van der Waals surface area contributed by atoms with Gasteiger partial charge in [0.2, 0.25) is 0 Å². The lowest BCUT2D eigenvalue weighted by Gasteiger charge is -2.42. The van der Waals surface area contributed by atoms with Crippen LogP contribution in [0.15, 0.2) is 18.5 Å². The normalized spacial score (nSPS) is 24.7. The molecule has 13 heteroatoms. The van der Waals surface area contributed by atoms with Crippen LogP contribution in [0.2, 0.25) is 0 Å². The molecule has 1 atom stereocenters. The minimum absolute atomic E-state index is 0.192.